The molecule has 0 aliphatic carbocycles. The summed E-state index contributed by atoms with van der Waals surface area (Å²) in [5.41, 5.74) is 0. The molecule has 0 aliphatic rings. The van der Waals surface area contributed by atoms with Crippen LogP contribution in [0, 0.1) is 0 Å². The van der Waals surface area contributed by atoms with E-state index in [1.165, 1.54) is 0 Å². The van der Waals surface area contributed by atoms with E-state index in [9.17, 15) is 0 Å². The molecule has 0 fully saturated rings. The second-order valence-electron chi connectivity index (χ2n) is 5.23. The second-order valence-corrected chi connectivity index (χ2v) is 5.23. The van der Waals surface area contributed by atoms with Crippen LogP contribution in [-0.4, -0.2) is 67.1 Å². The van der Waals surface area contributed by atoms with Crippen LogP contribution in [0.15, 0.2) is 0 Å². The van der Waals surface area contributed by atoms with Gasteiger partial charge in [0.2, 0.25) is 0 Å². The number of aliphatic hydroxyl groups is 1. The lowest BCUT2D eigenvalue weighted by Crippen LogP contribution is -2.41. The Bertz CT molecular complexity index is 176. The molecule has 0 saturated heterocycles. The number of aliphatic hydroxyl groups excluding tert-OH is 1. The van der Waals surface area contributed by atoms with Crippen LogP contribution in [0.1, 0.15) is 34.1 Å². The Kier molecular flexibility index (Phi) is 8.78. The van der Waals surface area contributed by atoms with Gasteiger partial charge in [-0.2, -0.15) is 0 Å². The van der Waals surface area contributed by atoms with Gasteiger partial charge in [-0.15, -0.1) is 0 Å². The van der Waals surface area contributed by atoms with Crippen molar-refractivity contribution in [1.29, 1.82) is 0 Å². The number of rotatable bonds is 9. The Morgan fingerprint density at radius 3 is 1.94 bits per heavy atom. The first-order chi connectivity index (χ1) is 7.90. The molecule has 0 bridgehead atoms. The highest BCUT2D eigenvalue weighted by atomic mass is 16.5. The predicted octanol–water partition coefficient (Wildman–Crippen LogP) is 1.39. The molecule has 4 heteroatoms. The van der Waals surface area contributed by atoms with Gasteiger partial charge in [0, 0.05) is 31.7 Å². The highest BCUT2D eigenvalue weighted by Crippen LogP contribution is 2.06. The first-order valence-corrected chi connectivity index (χ1v) is 6.54. The van der Waals surface area contributed by atoms with Crippen molar-refractivity contribution in [3.8, 4) is 0 Å². The van der Waals surface area contributed by atoms with E-state index in [2.05, 4.69) is 32.6 Å². The SMILES string of the molecule is CC(C)N(CCOC(CCO)N(C)C)C(C)C. The van der Waals surface area contributed by atoms with Crippen molar-refractivity contribution in [2.75, 3.05) is 33.9 Å². The molecule has 0 aliphatic heterocycles. The molecule has 1 unspecified atom stereocenters. The summed E-state index contributed by atoms with van der Waals surface area (Å²) in [4.78, 5) is 4.41. The highest BCUT2D eigenvalue weighted by Gasteiger charge is 2.15. The number of ether oxygens (including phenoxy) is 1. The fraction of sp³-hybridized carbons (Fsp3) is 1.00. The first kappa shape index (κ1) is 16.8. The Hall–Kier alpha value is -0.160. The van der Waals surface area contributed by atoms with E-state index in [1.807, 2.05) is 19.0 Å². The van der Waals surface area contributed by atoms with E-state index < -0.39 is 0 Å². The molecule has 1 N–H and O–H groups in total. The summed E-state index contributed by atoms with van der Waals surface area (Å²) in [5, 5.41) is 8.95. The third kappa shape index (κ3) is 6.99. The summed E-state index contributed by atoms with van der Waals surface area (Å²) >= 11 is 0. The van der Waals surface area contributed by atoms with Crippen LogP contribution in [0.5, 0.6) is 0 Å². The normalized spacial score (nSPS) is 14.3. The molecule has 4 nitrogen and oxygen atoms in total. The molecule has 17 heavy (non-hydrogen) atoms. The molecule has 104 valence electrons. The van der Waals surface area contributed by atoms with Crippen LogP contribution >= 0.6 is 0 Å². The van der Waals surface area contributed by atoms with Crippen LogP contribution in [0.25, 0.3) is 0 Å². The largest absolute Gasteiger partial charge is 0.396 e. The highest BCUT2D eigenvalue weighted by molar-refractivity contribution is 4.67. The average Bonchev–Trinajstić information content (AvgIpc) is 2.20. The van der Waals surface area contributed by atoms with Gasteiger partial charge in [0.25, 0.3) is 0 Å². The molecule has 0 heterocycles. The van der Waals surface area contributed by atoms with Crippen LogP contribution < -0.4 is 0 Å². The van der Waals surface area contributed by atoms with Gasteiger partial charge in [0.1, 0.15) is 6.23 Å². The van der Waals surface area contributed by atoms with Crippen molar-refractivity contribution in [2.24, 2.45) is 0 Å². The Balaban J connectivity index is 4.00. The Labute approximate surface area is 107 Å². The zero-order valence-electron chi connectivity index (χ0n) is 12.3. The lowest BCUT2D eigenvalue weighted by atomic mass is 10.2. The lowest BCUT2D eigenvalue weighted by Gasteiger charge is -2.31. The van der Waals surface area contributed by atoms with E-state index in [0.717, 1.165) is 6.54 Å². The Morgan fingerprint density at radius 2 is 1.59 bits per heavy atom. The van der Waals surface area contributed by atoms with E-state index >= 15 is 0 Å². The van der Waals surface area contributed by atoms with Gasteiger partial charge in [0.15, 0.2) is 0 Å². The molecule has 0 aromatic rings. The molecule has 0 radical (unpaired) electrons. The van der Waals surface area contributed by atoms with Crippen LogP contribution in [0.3, 0.4) is 0 Å². The minimum atomic E-state index is 0.0150. The first-order valence-electron chi connectivity index (χ1n) is 6.54. The van der Waals surface area contributed by atoms with Gasteiger partial charge in [-0.1, -0.05) is 0 Å². The van der Waals surface area contributed by atoms with Gasteiger partial charge >= 0.3 is 0 Å². The molecular formula is C13H30N2O2. The molecule has 0 spiro atoms. The fourth-order valence-corrected chi connectivity index (χ4v) is 2.01. The van der Waals surface area contributed by atoms with Crippen molar-refractivity contribution in [2.45, 2.75) is 52.4 Å². The van der Waals surface area contributed by atoms with Crippen LogP contribution in [-0.2, 0) is 4.74 Å². The van der Waals surface area contributed by atoms with E-state index in [0.29, 0.717) is 25.1 Å². The smallest absolute Gasteiger partial charge is 0.112 e. The zero-order chi connectivity index (χ0) is 13.4. The van der Waals surface area contributed by atoms with E-state index in [1.54, 1.807) is 0 Å². The molecule has 0 aromatic heterocycles. The molecule has 1 atom stereocenters. The summed E-state index contributed by atoms with van der Waals surface area (Å²) in [6, 6.07) is 1.07. The maximum absolute atomic E-state index is 8.95. The number of hydrogen-bond donors (Lipinski definition) is 1. The van der Waals surface area contributed by atoms with Gasteiger partial charge in [0.05, 0.1) is 6.61 Å². The van der Waals surface area contributed by atoms with Crippen LogP contribution in [0.4, 0.5) is 0 Å². The van der Waals surface area contributed by atoms with Gasteiger partial charge in [-0.3, -0.25) is 9.80 Å². The van der Waals surface area contributed by atoms with Crippen molar-refractivity contribution in [1.82, 2.24) is 9.80 Å². The summed E-state index contributed by atoms with van der Waals surface area (Å²) in [6.07, 6.45) is 0.678. The molecule has 0 rings (SSSR count). The van der Waals surface area contributed by atoms with Crippen molar-refractivity contribution in [3.05, 3.63) is 0 Å². The molecule has 0 amide bonds. The standard InChI is InChI=1S/C13H30N2O2/c1-11(2)15(12(3)4)8-10-17-13(7-9-16)14(5)6/h11-13,16H,7-10H2,1-6H3. The summed E-state index contributed by atoms with van der Waals surface area (Å²) in [7, 11) is 3.95. The lowest BCUT2D eigenvalue weighted by molar-refractivity contribution is -0.0581. The number of nitrogens with zero attached hydrogens (tertiary/aromatic N) is 2. The quantitative estimate of drug-likeness (QED) is 0.624. The predicted molar refractivity (Wildman–Crippen MR) is 72.1 cm³/mol. The van der Waals surface area contributed by atoms with Crippen molar-refractivity contribution >= 4 is 0 Å². The minimum absolute atomic E-state index is 0.0150. The molecule has 0 saturated carbocycles. The maximum atomic E-state index is 8.95. The van der Waals surface area contributed by atoms with Crippen molar-refractivity contribution in [3.63, 3.8) is 0 Å². The third-order valence-corrected chi connectivity index (χ3v) is 2.94. The number of hydrogen-bond acceptors (Lipinski definition) is 4. The van der Waals surface area contributed by atoms with Crippen molar-refractivity contribution < 1.29 is 9.84 Å². The fourth-order valence-electron chi connectivity index (χ4n) is 2.01. The monoisotopic (exact) mass is 246 g/mol. The van der Waals surface area contributed by atoms with Crippen LogP contribution in [0.2, 0.25) is 0 Å². The third-order valence-electron chi connectivity index (χ3n) is 2.94. The average molecular weight is 246 g/mol. The minimum Gasteiger partial charge on any atom is -0.396 e. The molecule has 0 aromatic carbocycles. The maximum Gasteiger partial charge on any atom is 0.112 e. The topological polar surface area (TPSA) is 35.9 Å². The van der Waals surface area contributed by atoms with Gasteiger partial charge < -0.3 is 9.84 Å². The molecular weight excluding hydrogens is 216 g/mol. The van der Waals surface area contributed by atoms with E-state index in [4.69, 9.17) is 9.84 Å². The zero-order valence-corrected chi connectivity index (χ0v) is 12.3. The summed E-state index contributed by atoms with van der Waals surface area (Å²) in [6.45, 7) is 10.6. The summed E-state index contributed by atoms with van der Waals surface area (Å²) in [5.74, 6) is 0. The van der Waals surface area contributed by atoms with Gasteiger partial charge in [-0.05, 0) is 41.8 Å². The van der Waals surface area contributed by atoms with E-state index in [-0.39, 0.29) is 12.8 Å². The summed E-state index contributed by atoms with van der Waals surface area (Å²) < 4.78 is 5.80. The Morgan fingerprint density at radius 1 is 1.06 bits per heavy atom. The second kappa shape index (κ2) is 8.86. The van der Waals surface area contributed by atoms with Gasteiger partial charge in [-0.25, -0.2) is 0 Å².